The highest BCUT2D eigenvalue weighted by Crippen LogP contribution is 2.35. The number of carbonyl (C=O) groups is 2. The Labute approximate surface area is 190 Å². The fourth-order valence-corrected chi connectivity index (χ4v) is 6.18. The lowest BCUT2D eigenvalue weighted by Gasteiger charge is -2.30. The Morgan fingerprint density at radius 3 is 2.81 bits per heavy atom. The van der Waals surface area contributed by atoms with E-state index in [1.807, 2.05) is 10.8 Å². The van der Waals surface area contributed by atoms with Crippen LogP contribution in [0.15, 0.2) is 58.6 Å². The number of sulfonamides is 1. The zero-order chi connectivity index (χ0) is 22.6. The molecule has 2 N–H and O–H groups in total. The number of thiophene rings is 1. The number of nitrogens with one attached hydrogen (secondary N) is 2. The van der Waals surface area contributed by atoms with Gasteiger partial charge in [0.05, 0.1) is 12.0 Å². The average Bonchev–Trinajstić information content (AvgIpc) is 3.50. The Kier molecular flexibility index (Phi) is 6.56. The minimum atomic E-state index is -3.67. The summed E-state index contributed by atoms with van der Waals surface area (Å²) in [5.41, 5.74) is 1.79. The molecule has 0 saturated heterocycles. The van der Waals surface area contributed by atoms with Gasteiger partial charge in [-0.05, 0) is 48.4 Å². The summed E-state index contributed by atoms with van der Waals surface area (Å²) in [6.07, 6.45) is 7.31. The van der Waals surface area contributed by atoms with Gasteiger partial charge in [-0.1, -0.05) is 12.1 Å². The molecule has 1 aromatic carbocycles. The number of amides is 2. The third-order valence-electron chi connectivity index (χ3n) is 5.10. The fourth-order valence-electron chi connectivity index (χ4n) is 3.54. The Morgan fingerprint density at radius 2 is 2.06 bits per heavy atom. The van der Waals surface area contributed by atoms with E-state index in [-0.39, 0.29) is 4.21 Å². The number of aromatic nitrogens is 2. The Morgan fingerprint density at radius 1 is 1.19 bits per heavy atom. The van der Waals surface area contributed by atoms with Gasteiger partial charge in [-0.3, -0.25) is 13.9 Å². The van der Waals surface area contributed by atoms with Crippen LogP contribution in [0.1, 0.15) is 18.4 Å². The molecule has 3 heterocycles. The van der Waals surface area contributed by atoms with Gasteiger partial charge in [-0.2, -0.15) is 0 Å². The van der Waals surface area contributed by atoms with Gasteiger partial charge >= 0.3 is 11.8 Å². The van der Waals surface area contributed by atoms with Crippen molar-refractivity contribution < 1.29 is 18.0 Å². The molecule has 3 aromatic rings. The topological polar surface area (TPSA) is 113 Å². The Bertz CT molecular complexity index is 1190. The molecule has 1 aliphatic heterocycles. The Hall–Kier alpha value is -3.18. The summed E-state index contributed by atoms with van der Waals surface area (Å²) in [6.45, 7) is 1.39. The number of hydrogen-bond acceptors (Lipinski definition) is 6. The molecule has 0 saturated carbocycles. The van der Waals surface area contributed by atoms with Gasteiger partial charge in [-0.25, -0.2) is 13.4 Å². The zero-order valence-electron chi connectivity index (χ0n) is 17.2. The molecular formula is C21H23N5O4S2. The van der Waals surface area contributed by atoms with Crippen molar-refractivity contribution in [3.63, 3.8) is 0 Å². The summed E-state index contributed by atoms with van der Waals surface area (Å²) in [7, 11) is -3.67. The quantitative estimate of drug-likeness (QED) is 0.404. The van der Waals surface area contributed by atoms with Crippen molar-refractivity contribution in [3.05, 3.63) is 60.0 Å². The highest BCUT2D eigenvalue weighted by Gasteiger charge is 2.30. The van der Waals surface area contributed by atoms with Gasteiger partial charge in [-0.15, -0.1) is 11.3 Å². The second kappa shape index (κ2) is 9.53. The van der Waals surface area contributed by atoms with Crippen molar-refractivity contribution in [2.75, 3.05) is 22.7 Å². The van der Waals surface area contributed by atoms with Crippen molar-refractivity contribution in [2.45, 2.75) is 30.0 Å². The molecule has 0 unspecified atom stereocenters. The number of carbonyl (C=O) groups excluding carboxylic acids is 2. The number of aryl methyl sites for hydroxylation is 2. The first-order chi connectivity index (χ1) is 15.4. The third-order valence-corrected chi connectivity index (χ3v) is 8.29. The molecule has 9 nitrogen and oxygen atoms in total. The second-order valence-electron chi connectivity index (χ2n) is 7.32. The van der Waals surface area contributed by atoms with E-state index in [0.717, 1.165) is 12.0 Å². The first-order valence-corrected chi connectivity index (χ1v) is 12.5. The average molecular weight is 474 g/mol. The molecule has 11 heteroatoms. The van der Waals surface area contributed by atoms with Crippen LogP contribution in [-0.2, 0) is 32.6 Å². The standard InChI is InChI=1S/C21H23N5O4S2/c27-20(23-8-3-10-25-12-9-22-15-25)21(28)24-17-7-6-16-4-1-11-26(18(16)14-17)32(29,30)19-5-2-13-31-19/h2,5-7,9,12-15H,1,3-4,8,10-11H2,(H,23,27)(H,24,28). The summed E-state index contributed by atoms with van der Waals surface area (Å²) in [6, 6.07) is 8.38. The molecule has 0 atom stereocenters. The van der Waals surface area contributed by atoms with Gasteiger partial charge in [0.15, 0.2) is 0 Å². The van der Waals surface area contributed by atoms with Crippen molar-refractivity contribution in [1.29, 1.82) is 0 Å². The van der Waals surface area contributed by atoms with Crippen LogP contribution in [-0.4, -0.2) is 42.9 Å². The van der Waals surface area contributed by atoms with Crippen molar-refractivity contribution in [1.82, 2.24) is 14.9 Å². The first-order valence-electron chi connectivity index (χ1n) is 10.2. The monoisotopic (exact) mass is 473 g/mol. The largest absolute Gasteiger partial charge is 0.348 e. The van der Waals surface area contributed by atoms with Crippen LogP contribution in [0.5, 0.6) is 0 Å². The maximum absolute atomic E-state index is 13.1. The molecule has 0 fully saturated rings. The molecule has 168 valence electrons. The van der Waals surface area contributed by atoms with Gasteiger partial charge in [0.2, 0.25) is 0 Å². The minimum absolute atomic E-state index is 0.273. The predicted octanol–water partition coefficient (Wildman–Crippen LogP) is 2.23. The van der Waals surface area contributed by atoms with E-state index in [4.69, 9.17) is 0 Å². The number of imidazole rings is 1. The van der Waals surface area contributed by atoms with Gasteiger partial charge in [0.25, 0.3) is 10.0 Å². The van der Waals surface area contributed by atoms with Gasteiger partial charge < -0.3 is 15.2 Å². The SMILES string of the molecule is O=C(NCCCn1ccnc1)C(=O)Nc1ccc2c(c1)N(S(=O)(=O)c1cccs1)CCC2. The molecule has 0 spiro atoms. The summed E-state index contributed by atoms with van der Waals surface area (Å²) >= 11 is 1.17. The maximum Gasteiger partial charge on any atom is 0.313 e. The molecule has 2 amide bonds. The summed E-state index contributed by atoms with van der Waals surface area (Å²) in [4.78, 5) is 28.4. The highest BCUT2D eigenvalue weighted by atomic mass is 32.2. The molecule has 32 heavy (non-hydrogen) atoms. The maximum atomic E-state index is 13.1. The lowest BCUT2D eigenvalue weighted by molar-refractivity contribution is -0.136. The minimum Gasteiger partial charge on any atom is -0.348 e. The van der Waals surface area contributed by atoms with Crippen LogP contribution < -0.4 is 14.9 Å². The van der Waals surface area contributed by atoms with Crippen LogP contribution in [0.2, 0.25) is 0 Å². The number of nitrogens with zero attached hydrogens (tertiary/aromatic N) is 3. The molecular weight excluding hydrogens is 450 g/mol. The number of benzene rings is 1. The number of fused-ring (bicyclic) bond motifs is 1. The lowest BCUT2D eigenvalue weighted by atomic mass is 10.0. The van der Waals surface area contributed by atoms with E-state index in [0.29, 0.717) is 43.9 Å². The third kappa shape index (κ3) is 4.83. The van der Waals surface area contributed by atoms with E-state index >= 15 is 0 Å². The second-order valence-corrected chi connectivity index (χ2v) is 10.4. The van der Waals surface area contributed by atoms with Gasteiger partial charge in [0.1, 0.15) is 4.21 Å². The summed E-state index contributed by atoms with van der Waals surface area (Å²) < 4.78 is 29.7. The number of rotatable bonds is 7. The summed E-state index contributed by atoms with van der Waals surface area (Å²) in [5.74, 6) is -1.53. The van der Waals surface area contributed by atoms with E-state index in [2.05, 4.69) is 15.6 Å². The lowest BCUT2D eigenvalue weighted by Crippen LogP contribution is -2.37. The van der Waals surface area contributed by atoms with E-state index in [1.165, 1.54) is 15.6 Å². The number of anilines is 2. The molecule has 1 aliphatic rings. The van der Waals surface area contributed by atoms with E-state index < -0.39 is 21.8 Å². The van der Waals surface area contributed by atoms with Crippen LogP contribution in [0, 0.1) is 0 Å². The van der Waals surface area contributed by atoms with Gasteiger partial charge in [0, 0.05) is 37.7 Å². The van der Waals surface area contributed by atoms with Crippen LogP contribution in [0.25, 0.3) is 0 Å². The zero-order valence-corrected chi connectivity index (χ0v) is 18.9. The molecule has 2 aromatic heterocycles. The fraction of sp³-hybridized carbons (Fsp3) is 0.286. The normalized spacial score (nSPS) is 13.4. The molecule has 0 aliphatic carbocycles. The van der Waals surface area contributed by atoms with E-state index in [9.17, 15) is 18.0 Å². The van der Waals surface area contributed by atoms with E-state index in [1.54, 1.807) is 48.2 Å². The predicted molar refractivity (Wildman–Crippen MR) is 122 cm³/mol. The van der Waals surface area contributed by atoms with Crippen LogP contribution in [0.3, 0.4) is 0 Å². The molecule has 0 bridgehead atoms. The first kappa shape index (κ1) is 22.0. The molecule has 4 rings (SSSR count). The highest BCUT2D eigenvalue weighted by molar-refractivity contribution is 7.94. The Balaban J connectivity index is 1.40. The summed E-state index contributed by atoms with van der Waals surface area (Å²) in [5, 5.41) is 6.88. The molecule has 0 radical (unpaired) electrons. The van der Waals surface area contributed by atoms with Crippen molar-refractivity contribution >= 4 is 44.5 Å². The van der Waals surface area contributed by atoms with Crippen molar-refractivity contribution in [2.24, 2.45) is 0 Å². The van der Waals surface area contributed by atoms with Crippen LogP contribution >= 0.6 is 11.3 Å². The smallest absolute Gasteiger partial charge is 0.313 e. The van der Waals surface area contributed by atoms with Crippen molar-refractivity contribution in [3.8, 4) is 0 Å². The number of hydrogen-bond donors (Lipinski definition) is 2. The van der Waals surface area contributed by atoms with Crippen LogP contribution in [0.4, 0.5) is 11.4 Å².